The summed E-state index contributed by atoms with van der Waals surface area (Å²) in [5, 5.41) is 2.34. The first-order chi connectivity index (χ1) is 15.9. The normalized spacial score (nSPS) is 15.2. The van der Waals surface area contributed by atoms with E-state index in [2.05, 4.69) is 54.0 Å². The predicted octanol–water partition coefficient (Wildman–Crippen LogP) is 7.05. The summed E-state index contributed by atoms with van der Waals surface area (Å²) in [7, 11) is 1.61. The Morgan fingerprint density at radius 3 is 2.67 bits per heavy atom. The fourth-order valence-electron chi connectivity index (χ4n) is 3.71. The lowest BCUT2D eigenvalue weighted by Gasteiger charge is -2.16. The van der Waals surface area contributed by atoms with Crippen LogP contribution < -0.4 is 9.47 Å². The van der Waals surface area contributed by atoms with Crippen molar-refractivity contribution in [2.75, 3.05) is 13.7 Å². The lowest BCUT2D eigenvalue weighted by Crippen LogP contribution is -2.31. The fourth-order valence-corrected chi connectivity index (χ4v) is 5.55. The number of fused-ring (bicyclic) bond motifs is 1. The molecule has 1 fully saturated rings. The predicted molar refractivity (Wildman–Crippen MR) is 144 cm³/mol. The zero-order valence-corrected chi connectivity index (χ0v) is 21.9. The van der Waals surface area contributed by atoms with E-state index in [1.807, 2.05) is 36.4 Å². The number of hydrogen-bond acceptors (Lipinski definition) is 5. The number of carbonyl (C=O) groups excluding carboxylic acids is 1. The quantitative estimate of drug-likeness (QED) is 0.236. The first kappa shape index (κ1) is 23.8. The van der Waals surface area contributed by atoms with Gasteiger partial charge < -0.3 is 9.47 Å². The lowest BCUT2D eigenvalue weighted by atomic mass is 10.1. The summed E-state index contributed by atoms with van der Waals surface area (Å²) < 4.78 is 13.2. The van der Waals surface area contributed by atoms with Crippen LogP contribution in [-0.4, -0.2) is 28.8 Å². The van der Waals surface area contributed by atoms with Gasteiger partial charge in [0.25, 0.3) is 5.91 Å². The average molecular weight is 543 g/mol. The van der Waals surface area contributed by atoms with Crippen LogP contribution in [0.5, 0.6) is 11.5 Å². The Morgan fingerprint density at radius 2 is 1.91 bits per heavy atom. The Bertz CT molecular complexity index is 1250. The zero-order valence-electron chi connectivity index (χ0n) is 18.6. The Kier molecular flexibility index (Phi) is 7.41. The Labute approximate surface area is 212 Å². The maximum atomic E-state index is 12.8. The summed E-state index contributed by atoms with van der Waals surface area (Å²) in [5.41, 5.74) is 1.93. The number of halogens is 1. The molecular weight excluding hydrogens is 518 g/mol. The SMILES string of the molecule is COc1cc(/C=C2\SC(=S)N(CC(C)C)C2=O)cc(Br)c1OCc1cccc2ccccc12. The molecule has 1 aliphatic heterocycles. The van der Waals surface area contributed by atoms with E-state index >= 15 is 0 Å². The number of thioether (sulfide) groups is 1. The monoisotopic (exact) mass is 541 g/mol. The highest BCUT2D eigenvalue weighted by Crippen LogP contribution is 2.40. The van der Waals surface area contributed by atoms with Crippen LogP contribution in [0.3, 0.4) is 0 Å². The number of ether oxygens (including phenoxy) is 2. The number of hydrogen-bond donors (Lipinski definition) is 0. The molecule has 1 amide bonds. The molecule has 170 valence electrons. The van der Waals surface area contributed by atoms with E-state index < -0.39 is 0 Å². The van der Waals surface area contributed by atoms with Gasteiger partial charge in [-0.1, -0.05) is 80.3 Å². The molecule has 1 aliphatic rings. The van der Waals surface area contributed by atoms with Crippen LogP contribution in [0.15, 0.2) is 64.0 Å². The first-order valence-corrected chi connectivity index (χ1v) is 12.6. The molecule has 4 rings (SSSR count). The van der Waals surface area contributed by atoms with Gasteiger partial charge in [0, 0.05) is 6.54 Å². The average Bonchev–Trinajstić information content (AvgIpc) is 3.05. The van der Waals surface area contributed by atoms with Crippen molar-refractivity contribution in [3.8, 4) is 11.5 Å². The molecule has 0 aliphatic carbocycles. The van der Waals surface area contributed by atoms with Crippen molar-refractivity contribution >= 4 is 67.0 Å². The summed E-state index contributed by atoms with van der Waals surface area (Å²) in [6.45, 7) is 5.17. The van der Waals surface area contributed by atoms with Crippen LogP contribution in [0.1, 0.15) is 25.0 Å². The summed E-state index contributed by atoms with van der Waals surface area (Å²) in [6.07, 6.45) is 1.85. The second-order valence-electron chi connectivity index (χ2n) is 8.15. The van der Waals surface area contributed by atoms with Gasteiger partial charge in [0.1, 0.15) is 10.9 Å². The number of methoxy groups -OCH3 is 1. The Hall–Kier alpha value is -2.35. The van der Waals surface area contributed by atoms with E-state index in [1.54, 1.807) is 12.0 Å². The summed E-state index contributed by atoms with van der Waals surface area (Å²) >= 11 is 10.4. The van der Waals surface area contributed by atoms with Crippen molar-refractivity contribution in [2.45, 2.75) is 20.5 Å². The molecule has 0 N–H and O–H groups in total. The maximum Gasteiger partial charge on any atom is 0.266 e. The van der Waals surface area contributed by atoms with Crippen LogP contribution in [0.4, 0.5) is 0 Å². The number of benzene rings is 3. The van der Waals surface area contributed by atoms with Gasteiger partial charge in [0.15, 0.2) is 11.5 Å². The fraction of sp³-hybridized carbons (Fsp3) is 0.231. The van der Waals surface area contributed by atoms with Gasteiger partial charge in [-0.3, -0.25) is 9.69 Å². The van der Waals surface area contributed by atoms with Crippen molar-refractivity contribution in [1.82, 2.24) is 4.90 Å². The summed E-state index contributed by atoms with van der Waals surface area (Å²) in [6, 6.07) is 18.2. The molecule has 0 saturated carbocycles. The van der Waals surface area contributed by atoms with Crippen LogP contribution in [-0.2, 0) is 11.4 Å². The third-order valence-electron chi connectivity index (χ3n) is 5.22. The number of nitrogens with zero attached hydrogens (tertiary/aromatic N) is 1. The highest BCUT2D eigenvalue weighted by molar-refractivity contribution is 9.10. The molecule has 1 heterocycles. The second-order valence-corrected chi connectivity index (χ2v) is 10.7. The maximum absolute atomic E-state index is 12.8. The summed E-state index contributed by atoms with van der Waals surface area (Å²) in [5.74, 6) is 1.51. The molecule has 1 saturated heterocycles. The van der Waals surface area contributed by atoms with E-state index in [9.17, 15) is 4.79 Å². The Morgan fingerprint density at radius 1 is 1.15 bits per heavy atom. The molecule has 3 aromatic carbocycles. The number of rotatable bonds is 7. The molecule has 4 nitrogen and oxygen atoms in total. The minimum atomic E-state index is -0.0509. The molecule has 0 atom stereocenters. The first-order valence-electron chi connectivity index (χ1n) is 10.6. The molecule has 0 radical (unpaired) electrons. The van der Waals surface area contributed by atoms with E-state index in [1.165, 1.54) is 17.1 Å². The van der Waals surface area contributed by atoms with Crippen molar-refractivity contribution in [3.05, 3.63) is 75.1 Å². The van der Waals surface area contributed by atoms with E-state index in [0.29, 0.717) is 39.8 Å². The minimum absolute atomic E-state index is 0.0509. The van der Waals surface area contributed by atoms with Crippen molar-refractivity contribution < 1.29 is 14.3 Å². The van der Waals surface area contributed by atoms with Gasteiger partial charge in [0.05, 0.1) is 16.5 Å². The molecule has 3 aromatic rings. The number of amides is 1. The van der Waals surface area contributed by atoms with Crippen LogP contribution in [0, 0.1) is 5.92 Å². The third-order valence-corrected chi connectivity index (χ3v) is 7.19. The molecule has 0 bridgehead atoms. The van der Waals surface area contributed by atoms with Crippen molar-refractivity contribution in [3.63, 3.8) is 0 Å². The standard InChI is InChI=1S/C26H24BrNO3S2/c1-16(2)14-28-25(29)23(33-26(28)32)13-17-11-21(27)24(22(12-17)30-3)31-15-19-9-6-8-18-7-4-5-10-20(18)19/h4-13,16H,14-15H2,1-3H3/b23-13-. The van der Waals surface area contributed by atoms with Gasteiger partial charge in [0.2, 0.25) is 0 Å². The zero-order chi connectivity index (χ0) is 23.5. The van der Waals surface area contributed by atoms with E-state index in [-0.39, 0.29) is 5.91 Å². The van der Waals surface area contributed by atoms with E-state index in [4.69, 9.17) is 21.7 Å². The van der Waals surface area contributed by atoms with Crippen molar-refractivity contribution in [2.24, 2.45) is 5.92 Å². The molecule has 0 unspecified atom stereocenters. The van der Waals surface area contributed by atoms with Gasteiger partial charge >= 0.3 is 0 Å². The largest absolute Gasteiger partial charge is 0.493 e. The Balaban J connectivity index is 1.58. The minimum Gasteiger partial charge on any atom is -0.493 e. The molecule has 0 aromatic heterocycles. The number of thiocarbonyl (C=S) groups is 1. The van der Waals surface area contributed by atoms with Crippen LogP contribution in [0.25, 0.3) is 16.8 Å². The second kappa shape index (κ2) is 10.3. The van der Waals surface area contributed by atoms with Gasteiger partial charge in [-0.25, -0.2) is 0 Å². The summed E-state index contributed by atoms with van der Waals surface area (Å²) in [4.78, 5) is 15.1. The lowest BCUT2D eigenvalue weighted by molar-refractivity contribution is -0.122. The molecule has 33 heavy (non-hydrogen) atoms. The molecule has 7 heteroatoms. The van der Waals surface area contributed by atoms with E-state index in [0.717, 1.165) is 21.0 Å². The van der Waals surface area contributed by atoms with Gasteiger partial charge in [-0.15, -0.1) is 0 Å². The highest BCUT2D eigenvalue weighted by Gasteiger charge is 2.32. The van der Waals surface area contributed by atoms with Crippen LogP contribution in [0.2, 0.25) is 0 Å². The molecular formula is C26H24BrNO3S2. The van der Waals surface area contributed by atoms with Gasteiger partial charge in [-0.05, 0) is 62.0 Å². The van der Waals surface area contributed by atoms with Crippen molar-refractivity contribution in [1.29, 1.82) is 0 Å². The molecule has 0 spiro atoms. The highest BCUT2D eigenvalue weighted by atomic mass is 79.9. The topological polar surface area (TPSA) is 38.8 Å². The number of carbonyl (C=O) groups is 1. The van der Waals surface area contributed by atoms with Gasteiger partial charge in [-0.2, -0.15) is 0 Å². The van der Waals surface area contributed by atoms with Crippen LogP contribution >= 0.6 is 39.9 Å². The third kappa shape index (κ3) is 5.26. The smallest absolute Gasteiger partial charge is 0.266 e.